The SMILES string of the molecule is Cc1ccc(-c2c(OS(=O)(=O)c3ccc(C)cc3)cc(C)oc2=O)cc1. The summed E-state index contributed by atoms with van der Waals surface area (Å²) in [4.78, 5) is 12.4. The van der Waals surface area contributed by atoms with Gasteiger partial charge in [-0.2, -0.15) is 8.42 Å². The Kier molecular flexibility index (Phi) is 4.70. The summed E-state index contributed by atoms with van der Waals surface area (Å²) in [5, 5.41) is 0. The number of rotatable bonds is 4. The standard InChI is InChI=1S/C20H18O5S/c1-13-4-8-16(9-5-13)19-18(12-15(3)24-20(19)21)25-26(22,23)17-10-6-14(2)7-11-17/h4-12H,1-3H3. The second-order valence-electron chi connectivity index (χ2n) is 6.10. The second kappa shape index (κ2) is 6.80. The molecule has 0 atom stereocenters. The lowest BCUT2D eigenvalue weighted by Crippen LogP contribution is -2.14. The molecule has 0 saturated heterocycles. The van der Waals surface area contributed by atoms with Gasteiger partial charge in [0.25, 0.3) is 0 Å². The van der Waals surface area contributed by atoms with Crippen LogP contribution in [0.1, 0.15) is 16.9 Å². The van der Waals surface area contributed by atoms with E-state index in [9.17, 15) is 13.2 Å². The van der Waals surface area contributed by atoms with Crippen molar-refractivity contribution in [2.45, 2.75) is 25.7 Å². The Morgan fingerprint density at radius 1 is 0.846 bits per heavy atom. The molecule has 0 aliphatic heterocycles. The Labute approximate surface area is 152 Å². The average Bonchev–Trinajstić information content (AvgIpc) is 2.56. The van der Waals surface area contributed by atoms with Crippen molar-refractivity contribution in [2.24, 2.45) is 0 Å². The van der Waals surface area contributed by atoms with Crippen molar-refractivity contribution in [3.8, 4) is 16.9 Å². The van der Waals surface area contributed by atoms with E-state index in [4.69, 9.17) is 8.60 Å². The van der Waals surface area contributed by atoms with Crippen LogP contribution in [0.5, 0.6) is 5.75 Å². The Bertz CT molecular complexity index is 1090. The maximum absolute atomic E-state index is 12.6. The van der Waals surface area contributed by atoms with Crippen molar-refractivity contribution in [1.29, 1.82) is 0 Å². The normalized spacial score (nSPS) is 11.3. The summed E-state index contributed by atoms with van der Waals surface area (Å²) in [5.41, 5.74) is 1.90. The predicted molar refractivity (Wildman–Crippen MR) is 98.9 cm³/mol. The summed E-state index contributed by atoms with van der Waals surface area (Å²) < 4.78 is 35.7. The first kappa shape index (κ1) is 17.9. The van der Waals surface area contributed by atoms with E-state index in [0.717, 1.165) is 11.1 Å². The van der Waals surface area contributed by atoms with Crippen LogP contribution >= 0.6 is 0 Å². The third kappa shape index (κ3) is 3.70. The maximum atomic E-state index is 12.6. The highest BCUT2D eigenvalue weighted by Crippen LogP contribution is 2.30. The molecule has 0 amide bonds. The minimum Gasteiger partial charge on any atom is -0.428 e. The lowest BCUT2D eigenvalue weighted by molar-refractivity contribution is 0.456. The van der Waals surface area contributed by atoms with Crippen LogP contribution in [0.15, 0.2) is 68.7 Å². The Morgan fingerprint density at radius 3 is 1.96 bits per heavy atom. The van der Waals surface area contributed by atoms with E-state index in [2.05, 4.69) is 0 Å². The highest BCUT2D eigenvalue weighted by molar-refractivity contribution is 7.87. The van der Waals surface area contributed by atoms with Gasteiger partial charge in [-0.05, 0) is 38.5 Å². The number of hydrogen-bond acceptors (Lipinski definition) is 5. The molecule has 0 aliphatic carbocycles. The lowest BCUT2D eigenvalue weighted by atomic mass is 10.1. The van der Waals surface area contributed by atoms with Crippen LogP contribution in [0.2, 0.25) is 0 Å². The summed E-state index contributed by atoms with van der Waals surface area (Å²) in [7, 11) is -4.08. The Hall–Kier alpha value is -2.86. The van der Waals surface area contributed by atoms with E-state index >= 15 is 0 Å². The molecule has 134 valence electrons. The smallest absolute Gasteiger partial charge is 0.347 e. The molecular weight excluding hydrogens is 352 g/mol. The molecule has 0 unspecified atom stereocenters. The molecule has 2 aromatic carbocycles. The van der Waals surface area contributed by atoms with Crippen molar-refractivity contribution in [3.63, 3.8) is 0 Å². The summed E-state index contributed by atoms with van der Waals surface area (Å²) in [6, 6.07) is 14.8. The highest BCUT2D eigenvalue weighted by atomic mass is 32.2. The lowest BCUT2D eigenvalue weighted by Gasteiger charge is -2.11. The van der Waals surface area contributed by atoms with Crippen molar-refractivity contribution >= 4 is 10.1 Å². The molecule has 0 spiro atoms. The fraction of sp³-hybridized carbons (Fsp3) is 0.150. The van der Waals surface area contributed by atoms with Gasteiger partial charge in [-0.15, -0.1) is 0 Å². The zero-order valence-electron chi connectivity index (χ0n) is 14.6. The van der Waals surface area contributed by atoms with Gasteiger partial charge < -0.3 is 8.60 Å². The topological polar surface area (TPSA) is 73.6 Å². The Morgan fingerprint density at radius 2 is 1.38 bits per heavy atom. The molecule has 1 heterocycles. The van der Waals surface area contributed by atoms with E-state index in [0.29, 0.717) is 5.56 Å². The molecule has 3 aromatic rings. The molecule has 0 bridgehead atoms. The second-order valence-corrected chi connectivity index (χ2v) is 7.65. The van der Waals surface area contributed by atoms with Gasteiger partial charge in [-0.1, -0.05) is 47.5 Å². The third-order valence-corrected chi connectivity index (χ3v) is 5.14. The fourth-order valence-electron chi connectivity index (χ4n) is 2.50. The molecule has 5 nitrogen and oxygen atoms in total. The van der Waals surface area contributed by atoms with Crippen molar-refractivity contribution in [3.05, 3.63) is 81.9 Å². The molecule has 26 heavy (non-hydrogen) atoms. The first-order valence-corrected chi connectivity index (χ1v) is 9.40. The molecule has 6 heteroatoms. The Balaban J connectivity index is 2.11. The van der Waals surface area contributed by atoms with Gasteiger partial charge in [0.15, 0.2) is 5.75 Å². The van der Waals surface area contributed by atoms with E-state index < -0.39 is 15.7 Å². The van der Waals surface area contributed by atoms with E-state index in [1.807, 2.05) is 26.0 Å². The average molecular weight is 370 g/mol. The first-order chi connectivity index (χ1) is 12.3. The predicted octanol–water partition coefficient (Wildman–Crippen LogP) is 4.00. The van der Waals surface area contributed by atoms with Crippen LogP contribution in [0.25, 0.3) is 11.1 Å². The molecule has 0 fully saturated rings. The van der Waals surface area contributed by atoms with Gasteiger partial charge in [-0.3, -0.25) is 0 Å². The van der Waals surface area contributed by atoms with Crippen LogP contribution in [-0.2, 0) is 10.1 Å². The molecule has 1 aromatic heterocycles. The minimum absolute atomic E-state index is 0.0175. The quantitative estimate of drug-likeness (QED) is 0.649. The van der Waals surface area contributed by atoms with Crippen molar-refractivity contribution in [2.75, 3.05) is 0 Å². The summed E-state index contributed by atoms with van der Waals surface area (Å²) >= 11 is 0. The van der Waals surface area contributed by atoms with E-state index in [-0.39, 0.29) is 22.0 Å². The van der Waals surface area contributed by atoms with E-state index in [1.54, 1.807) is 31.2 Å². The first-order valence-electron chi connectivity index (χ1n) is 7.99. The van der Waals surface area contributed by atoms with Crippen LogP contribution in [0.4, 0.5) is 0 Å². The van der Waals surface area contributed by atoms with Gasteiger partial charge in [0.2, 0.25) is 0 Å². The maximum Gasteiger partial charge on any atom is 0.347 e. The number of aryl methyl sites for hydroxylation is 3. The summed E-state index contributed by atoms with van der Waals surface area (Å²) in [5.74, 6) is 0.211. The molecule has 0 aliphatic rings. The number of benzene rings is 2. The van der Waals surface area contributed by atoms with Crippen LogP contribution < -0.4 is 9.81 Å². The molecule has 0 radical (unpaired) electrons. The van der Waals surface area contributed by atoms with Crippen LogP contribution in [0.3, 0.4) is 0 Å². The van der Waals surface area contributed by atoms with Crippen molar-refractivity contribution < 1.29 is 17.0 Å². The van der Waals surface area contributed by atoms with Gasteiger partial charge in [0, 0.05) is 6.07 Å². The molecular formula is C20H18O5S. The van der Waals surface area contributed by atoms with Crippen molar-refractivity contribution in [1.82, 2.24) is 0 Å². The molecule has 3 rings (SSSR count). The third-order valence-electron chi connectivity index (χ3n) is 3.89. The largest absolute Gasteiger partial charge is 0.428 e. The highest BCUT2D eigenvalue weighted by Gasteiger charge is 2.22. The van der Waals surface area contributed by atoms with Crippen LogP contribution in [0, 0.1) is 20.8 Å². The summed E-state index contributed by atoms with van der Waals surface area (Å²) in [6.45, 7) is 5.34. The number of hydrogen-bond donors (Lipinski definition) is 0. The van der Waals surface area contributed by atoms with E-state index in [1.165, 1.54) is 18.2 Å². The van der Waals surface area contributed by atoms with Gasteiger partial charge in [0.05, 0.1) is 0 Å². The van der Waals surface area contributed by atoms with Gasteiger partial charge >= 0.3 is 15.7 Å². The summed E-state index contributed by atoms with van der Waals surface area (Å²) in [6.07, 6.45) is 0. The van der Waals surface area contributed by atoms with Gasteiger partial charge in [0.1, 0.15) is 16.2 Å². The fourth-order valence-corrected chi connectivity index (χ4v) is 3.43. The minimum atomic E-state index is -4.08. The van der Waals surface area contributed by atoms with Gasteiger partial charge in [-0.25, -0.2) is 4.79 Å². The van der Waals surface area contributed by atoms with Crippen LogP contribution in [-0.4, -0.2) is 8.42 Å². The molecule has 0 N–H and O–H groups in total. The zero-order valence-corrected chi connectivity index (χ0v) is 15.5. The monoisotopic (exact) mass is 370 g/mol. The zero-order chi connectivity index (χ0) is 18.9. The molecule has 0 saturated carbocycles.